The summed E-state index contributed by atoms with van der Waals surface area (Å²) in [7, 11) is 0. The van der Waals surface area contributed by atoms with Crippen LogP contribution < -0.4 is 11.1 Å². The van der Waals surface area contributed by atoms with E-state index in [0.29, 0.717) is 5.69 Å². The van der Waals surface area contributed by atoms with E-state index in [1.165, 1.54) is 18.2 Å². The van der Waals surface area contributed by atoms with E-state index in [9.17, 15) is 4.79 Å². The summed E-state index contributed by atoms with van der Waals surface area (Å²) in [5.74, 6) is 0.0644. The molecule has 1 amide bonds. The number of carbonyl (C=O) groups is 1. The number of carbonyl (C=O) groups excluding carboxylic acids is 1. The monoisotopic (exact) mass is 218 g/mol. The van der Waals surface area contributed by atoms with E-state index in [1.807, 2.05) is 0 Å². The fourth-order valence-corrected chi connectivity index (χ4v) is 1.20. The molecule has 2 rings (SSSR count). The number of aromatic hydroxyl groups is 1. The van der Waals surface area contributed by atoms with Gasteiger partial charge in [-0.3, -0.25) is 9.89 Å². The lowest BCUT2D eigenvalue weighted by atomic mass is 10.3. The van der Waals surface area contributed by atoms with E-state index in [-0.39, 0.29) is 23.2 Å². The average molecular weight is 218 g/mol. The number of phenols is 1. The molecule has 1 aromatic heterocycles. The van der Waals surface area contributed by atoms with Gasteiger partial charge in [0.2, 0.25) is 0 Å². The number of amides is 1. The molecule has 5 N–H and O–H groups in total. The fraction of sp³-hybridized carbons (Fsp3) is 0. The molecule has 0 saturated carbocycles. The Balaban J connectivity index is 2.10. The number of hydrogen-bond acceptors (Lipinski definition) is 4. The highest BCUT2D eigenvalue weighted by Gasteiger charge is 2.08. The summed E-state index contributed by atoms with van der Waals surface area (Å²) < 4.78 is 0. The van der Waals surface area contributed by atoms with Crippen molar-refractivity contribution in [1.29, 1.82) is 0 Å². The van der Waals surface area contributed by atoms with Crippen LogP contribution in [0, 0.1) is 0 Å². The van der Waals surface area contributed by atoms with Gasteiger partial charge < -0.3 is 16.2 Å². The second-order valence-electron chi connectivity index (χ2n) is 3.21. The number of nitrogen functional groups attached to an aromatic ring is 1. The van der Waals surface area contributed by atoms with Crippen molar-refractivity contribution < 1.29 is 9.90 Å². The minimum Gasteiger partial charge on any atom is -0.508 e. The number of hydrogen-bond donors (Lipinski definition) is 4. The number of nitrogens with two attached hydrogens (primary N) is 1. The third-order valence-electron chi connectivity index (χ3n) is 1.97. The van der Waals surface area contributed by atoms with E-state index >= 15 is 0 Å². The third kappa shape index (κ3) is 2.11. The summed E-state index contributed by atoms with van der Waals surface area (Å²) in [5.41, 5.74) is 6.24. The molecule has 16 heavy (non-hydrogen) atoms. The van der Waals surface area contributed by atoms with Crippen LogP contribution >= 0.6 is 0 Å². The van der Waals surface area contributed by atoms with Crippen molar-refractivity contribution in [3.05, 3.63) is 36.0 Å². The lowest BCUT2D eigenvalue weighted by Crippen LogP contribution is -2.12. The number of rotatable bonds is 2. The van der Waals surface area contributed by atoms with Gasteiger partial charge in [-0.05, 0) is 24.3 Å². The molecule has 0 aliphatic rings. The second kappa shape index (κ2) is 3.93. The topological polar surface area (TPSA) is 104 Å². The van der Waals surface area contributed by atoms with Gasteiger partial charge in [0.25, 0.3) is 5.91 Å². The standard InChI is InChI=1S/C10H10N4O2/c11-9-5-8(13-14-9)10(16)12-6-1-3-7(15)4-2-6/h1-5,15H,(H,12,16)(H3,11,13,14). The molecule has 6 heteroatoms. The Kier molecular flexibility index (Phi) is 2.47. The van der Waals surface area contributed by atoms with Crippen molar-refractivity contribution in [3.63, 3.8) is 0 Å². The van der Waals surface area contributed by atoms with E-state index in [4.69, 9.17) is 10.8 Å². The number of H-pyrrole nitrogens is 1. The van der Waals surface area contributed by atoms with Gasteiger partial charge >= 0.3 is 0 Å². The van der Waals surface area contributed by atoms with Crippen LogP contribution in [0.5, 0.6) is 5.75 Å². The van der Waals surface area contributed by atoms with Crippen molar-refractivity contribution in [2.45, 2.75) is 0 Å². The molecule has 82 valence electrons. The molecular formula is C10H10N4O2. The van der Waals surface area contributed by atoms with Crippen LogP contribution in [-0.4, -0.2) is 21.2 Å². The molecule has 0 fully saturated rings. The number of phenolic OH excluding ortho intramolecular Hbond substituents is 1. The van der Waals surface area contributed by atoms with Gasteiger partial charge in [0.05, 0.1) is 0 Å². The average Bonchev–Trinajstić information content (AvgIpc) is 2.68. The van der Waals surface area contributed by atoms with Gasteiger partial charge in [-0.1, -0.05) is 0 Å². The van der Waals surface area contributed by atoms with Gasteiger partial charge in [-0.2, -0.15) is 5.10 Å². The van der Waals surface area contributed by atoms with E-state index in [0.717, 1.165) is 0 Å². The third-order valence-corrected chi connectivity index (χ3v) is 1.97. The maximum Gasteiger partial charge on any atom is 0.273 e. The maximum atomic E-state index is 11.6. The Morgan fingerprint density at radius 3 is 2.62 bits per heavy atom. The highest BCUT2D eigenvalue weighted by molar-refractivity contribution is 6.03. The number of anilines is 2. The van der Waals surface area contributed by atoms with Crippen LogP contribution in [0.1, 0.15) is 10.5 Å². The van der Waals surface area contributed by atoms with E-state index < -0.39 is 0 Å². The Labute approximate surface area is 91.1 Å². The van der Waals surface area contributed by atoms with E-state index in [1.54, 1.807) is 12.1 Å². The first-order valence-electron chi connectivity index (χ1n) is 4.56. The summed E-state index contributed by atoms with van der Waals surface area (Å²) >= 11 is 0. The lowest BCUT2D eigenvalue weighted by molar-refractivity contribution is 0.102. The number of nitrogens with zero attached hydrogens (tertiary/aromatic N) is 1. The zero-order valence-corrected chi connectivity index (χ0v) is 8.27. The molecule has 0 spiro atoms. The first-order valence-corrected chi connectivity index (χ1v) is 4.56. The van der Waals surface area contributed by atoms with Crippen molar-refractivity contribution in [3.8, 4) is 5.75 Å². The van der Waals surface area contributed by atoms with Gasteiger partial charge in [0.15, 0.2) is 0 Å². The van der Waals surface area contributed by atoms with Crippen molar-refractivity contribution in [2.75, 3.05) is 11.1 Å². The van der Waals surface area contributed by atoms with Gasteiger partial charge in [0, 0.05) is 11.8 Å². The molecule has 0 bridgehead atoms. The SMILES string of the molecule is Nc1cc(C(=O)Nc2ccc(O)cc2)[nH]n1. The molecule has 0 aliphatic heterocycles. The quantitative estimate of drug-likeness (QED) is 0.563. The second-order valence-corrected chi connectivity index (χ2v) is 3.21. The Bertz CT molecular complexity index is 504. The molecule has 0 atom stereocenters. The molecule has 6 nitrogen and oxygen atoms in total. The normalized spacial score (nSPS) is 10.0. The number of benzene rings is 1. The zero-order valence-electron chi connectivity index (χ0n) is 8.27. The summed E-state index contributed by atoms with van der Waals surface area (Å²) in [4.78, 5) is 11.6. The van der Waals surface area contributed by atoms with Crippen LogP contribution in [-0.2, 0) is 0 Å². The fourth-order valence-electron chi connectivity index (χ4n) is 1.20. The van der Waals surface area contributed by atoms with E-state index in [2.05, 4.69) is 15.5 Å². The number of nitrogens with one attached hydrogen (secondary N) is 2. The molecule has 0 saturated heterocycles. The molecular weight excluding hydrogens is 208 g/mol. The first kappa shape index (κ1) is 10.0. The minimum absolute atomic E-state index is 0.142. The van der Waals surface area contributed by atoms with Gasteiger partial charge in [-0.25, -0.2) is 0 Å². The summed E-state index contributed by atoms with van der Waals surface area (Å²) in [5, 5.41) is 17.8. The molecule has 0 radical (unpaired) electrons. The van der Waals surface area contributed by atoms with Crippen LogP contribution in [0.3, 0.4) is 0 Å². The maximum absolute atomic E-state index is 11.6. The number of aromatic amines is 1. The molecule has 0 aliphatic carbocycles. The highest BCUT2D eigenvalue weighted by Crippen LogP contribution is 2.14. The Morgan fingerprint density at radius 1 is 1.38 bits per heavy atom. The molecule has 2 aromatic rings. The Hall–Kier alpha value is -2.50. The Morgan fingerprint density at radius 2 is 2.06 bits per heavy atom. The van der Waals surface area contributed by atoms with Crippen molar-refractivity contribution in [1.82, 2.24) is 10.2 Å². The summed E-state index contributed by atoms with van der Waals surface area (Å²) in [6.45, 7) is 0. The molecule has 0 unspecified atom stereocenters. The molecule has 1 aromatic carbocycles. The zero-order chi connectivity index (χ0) is 11.5. The van der Waals surface area contributed by atoms with Crippen molar-refractivity contribution >= 4 is 17.4 Å². The predicted molar refractivity (Wildman–Crippen MR) is 59.1 cm³/mol. The lowest BCUT2D eigenvalue weighted by Gasteiger charge is -2.02. The van der Waals surface area contributed by atoms with Crippen LogP contribution in [0.4, 0.5) is 11.5 Å². The highest BCUT2D eigenvalue weighted by atomic mass is 16.3. The van der Waals surface area contributed by atoms with Crippen LogP contribution in [0.25, 0.3) is 0 Å². The first-order chi connectivity index (χ1) is 7.65. The van der Waals surface area contributed by atoms with Gasteiger partial charge in [0.1, 0.15) is 17.3 Å². The smallest absolute Gasteiger partial charge is 0.273 e. The summed E-state index contributed by atoms with van der Waals surface area (Å²) in [6.07, 6.45) is 0. The number of aromatic nitrogens is 2. The van der Waals surface area contributed by atoms with Crippen molar-refractivity contribution in [2.24, 2.45) is 0 Å². The predicted octanol–water partition coefficient (Wildman–Crippen LogP) is 0.950. The summed E-state index contributed by atoms with van der Waals surface area (Å²) in [6, 6.07) is 7.59. The van der Waals surface area contributed by atoms with Crippen LogP contribution in [0.15, 0.2) is 30.3 Å². The largest absolute Gasteiger partial charge is 0.508 e. The molecule has 1 heterocycles. The van der Waals surface area contributed by atoms with Gasteiger partial charge in [-0.15, -0.1) is 0 Å². The minimum atomic E-state index is -0.338. The van der Waals surface area contributed by atoms with Crippen LogP contribution in [0.2, 0.25) is 0 Å².